The first-order valence-corrected chi connectivity index (χ1v) is 4.66. The third kappa shape index (κ3) is 1.71. The molecule has 0 aliphatic heterocycles. The second-order valence-electron chi connectivity index (χ2n) is 4.36. The molecule has 0 unspecified atom stereocenters. The Balaban J connectivity index is 2.60. The summed E-state index contributed by atoms with van der Waals surface area (Å²) in [5.41, 5.74) is 2.26. The van der Waals surface area contributed by atoms with E-state index >= 15 is 0 Å². The van der Waals surface area contributed by atoms with E-state index in [2.05, 4.69) is 24.9 Å². The molecule has 1 aliphatic carbocycles. The number of rotatable bonds is 0. The highest BCUT2D eigenvalue weighted by Gasteiger charge is 2.21. The van der Waals surface area contributed by atoms with Crippen LogP contribution in [0.3, 0.4) is 0 Å². The van der Waals surface area contributed by atoms with E-state index in [9.17, 15) is 4.91 Å². The monoisotopic (exact) mass is 189 g/mol. The molecule has 14 heavy (non-hydrogen) atoms. The van der Waals surface area contributed by atoms with E-state index in [-0.39, 0.29) is 5.41 Å². The van der Waals surface area contributed by atoms with Gasteiger partial charge in [0.2, 0.25) is 0 Å². The Labute approximate surface area is 82.7 Å². The quantitative estimate of drug-likeness (QED) is 0.581. The van der Waals surface area contributed by atoms with E-state index in [4.69, 9.17) is 0 Å². The first-order valence-electron chi connectivity index (χ1n) is 4.66. The zero-order valence-corrected chi connectivity index (χ0v) is 8.40. The van der Waals surface area contributed by atoms with Gasteiger partial charge in [0.1, 0.15) is 12.4 Å². The van der Waals surface area contributed by atoms with Crippen molar-refractivity contribution in [2.24, 2.45) is 5.41 Å². The molecule has 1 heterocycles. The third-order valence-electron chi connectivity index (χ3n) is 2.41. The first-order chi connectivity index (χ1) is 6.57. The molecule has 2 rings (SSSR count). The third-order valence-corrected chi connectivity index (χ3v) is 2.41. The number of hydrogen-bond donors (Lipinski definition) is 0. The van der Waals surface area contributed by atoms with E-state index in [0.717, 1.165) is 22.0 Å². The summed E-state index contributed by atoms with van der Waals surface area (Å²) in [5.74, 6) is 0. The molecule has 0 amide bonds. The van der Waals surface area contributed by atoms with Crippen LogP contribution in [0.4, 0.5) is 0 Å². The van der Waals surface area contributed by atoms with Crippen molar-refractivity contribution < 1.29 is 4.43 Å². The van der Waals surface area contributed by atoms with Gasteiger partial charge < -0.3 is 0 Å². The lowest BCUT2D eigenvalue weighted by molar-refractivity contribution is -0.497. The Kier molecular flexibility index (Phi) is 1.95. The van der Waals surface area contributed by atoms with Crippen molar-refractivity contribution in [2.45, 2.75) is 20.3 Å². The van der Waals surface area contributed by atoms with Gasteiger partial charge in [-0.15, -0.1) is 0 Å². The molecule has 0 saturated carbocycles. The normalized spacial score (nSPS) is 17.6. The Hall–Kier alpha value is -1.51. The van der Waals surface area contributed by atoms with Crippen LogP contribution < -0.4 is 4.43 Å². The maximum absolute atomic E-state index is 11.1. The minimum Gasteiger partial charge on any atom is -0.0778 e. The van der Waals surface area contributed by atoms with Gasteiger partial charge in [0.05, 0.1) is 0 Å². The smallest absolute Gasteiger partial charge is 0.0778 e. The fourth-order valence-corrected chi connectivity index (χ4v) is 1.68. The van der Waals surface area contributed by atoms with E-state index in [1.807, 2.05) is 6.08 Å². The van der Waals surface area contributed by atoms with Crippen molar-refractivity contribution in [3.63, 3.8) is 0 Å². The maximum atomic E-state index is 11.1. The van der Waals surface area contributed by atoms with Crippen LogP contribution in [0.5, 0.6) is 0 Å². The summed E-state index contributed by atoms with van der Waals surface area (Å²) in [6, 6.07) is 0. The second kappa shape index (κ2) is 3.01. The molecule has 0 radical (unpaired) electrons. The number of allylic oxidation sites excluding steroid dienone is 1. The van der Waals surface area contributed by atoms with Crippen molar-refractivity contribution in [1.82, 2.24) is 4.98 Å². The lowest BCUT2D eigenvalue weighted by Crippen LogP contribution is -2.16. The van der Waals surface area contributed by atoms with Crippen LogP contribution in [0.2, 0.25) is 0 Å². The molecule has 1 aromatic heterocycles. The Morgan fingerprint density at radius 1 is 1.50 bits per heavy atom. The second-order valence-corrected chi connectivity index (χ2v) is 4.36. The van der Waals surface area contributed by atoms with Gasteiger partial charge in [-0.3, -0.25) is 0 Å². The highest BCUT2D eigenvalue weighted by Crippen LogP contribution is 2.29. The zero-order valence-electron chi connectivity index (χ0n) is 8.40. The molecule has 0 N–H and O–H groups in total. The van der Waals surface area contributed by atoms with Crippen LogP contribution in [-0.4, -0.2) is 4.98 Å². The summed E-state index contributed by atoms with van der Waals surface area (Å²) in [6.45, 7) is 4.34. The summed E-state index contributed by atoms with van der Waals surface area (Å²) in [6.07, 6.45) is 9.67. The molecule has 0 fully saturated rings. The fourth-order valence-electron chi connectivity index (χ4n) is 1.68. The molecule has 72 valence electrons. The van der Waals surface area contributed by atoms with Crippen LogP contribution in [0.15, 0.2) is 24.8 Å². The summed E-state index contributed by atoms with van der Waals surface area (Å²) < 4.78 is 0.738. The lowest BCUT2D eigenvalue weighted by atomic mass is 9.81. The molecule has 0 bridgehead atoms. The van der Waals surface area contributed by atoms with Gasteiger partial charge in [-0.1, -0.05) is 35.9 Å². The molecule has 3 heteroatoms. The van der Waals surface area contributed by atoms with Crippen molar-refractivity contribution in [3.8, 4) is 0 Å². The number of nitrogens with zero attached hydrogens (tertiary/aromatic N) is 2. The predicted octanol–water partition coefficient (Wildman–Crippen LogP) is 1.59. The van der Waals surface area contributed by atoms with Gasteiger partial charge >= 0.3 is 6.33 Å². The van der Waals surface area contributed by atoms with Crippen LogP contribution in [0.1, 0.15) is 25.0 Å². The van der Waals surface area contributed by atoms with Gasteiger partial charge in [0.25, 0.3) is 0 Å². The SMILES string of the molecule is CC1(C)C=Cc2c[n+](=O)cncc2C1. The number of fused-ring (bicyclic) bond motifs is 1. The fraction of sp³-hybridized carbons (Fsp3) is 0.364. The van der Waals surface area contributed by atoms with E-state index in [1.165, 1.54) is 6.33 Å². The highest BCUT2D eigenvalue weighted by atomic mass is 16.3. The Bertz CT molecular complexity index is 449. The van der Waals surface area contributed by atoms with Gasteiger partial charge in [0, 0.05) is 15.6 Å². The maximum Gasteiger partial charge on any atom is 0.329 e. The van der Waals surface area contributed by atoms with Crippen LogP contribution in [0, 0.1) is 10.3 Å². The van der Waals surface area contributed by atoms with Crippen LogP contribution in [-0.2, 0) is 6.42 Å². The summed E-state index contributed by atoms with van der Waals surface area (Å²) >= 11 is 0. The van der Waals surface area contributed by atoms with E-state index in [0.29, 0.717) is 0 Å². The minimum absolute atomic E-state index is 0.163. The Morgan fingerprint density at radius 2 is 2.29 bits per heavy atom. The van der Waals surface area contributed by atoms with Gasteiger partial charge in [-0.05, 0) is 11.8 Å². The van der Waals surface area contributed by atoms with E-state index < -0.39 is 0 Å². The molecular formula is C11H13N2O+. The highest BCUT2D eigenvalue weighted by molar-refractivity contribution is 5.55. The van der Waals surface area contributed by atoms with Gasteiger partial charge in [0.15, 0.2) is 0 Å². The van der Waals surface area contributed by atoms with Crippen molar-refractivity contribution in [2.75, 3.05) is 0 Å². The molecule has 0 spiro atoms. The molecule has 3 nitrogen and oxygen atoms in total. The lowest BCUT2D eigenvalue weighted by Gasteiger charge is -2.23. The van der Waals surface area contributed by atoms with Crippen LogP contribution in [0.25, 0.3) is 6.08 Å². The zero-order chi connectivity index (χ0) is 10.2. The standard InChI is InChI=1S/C11H13N2O/c1-11(2)4-3-9-7-13(14)8-12-6-10(9)5-11/h3-4,6-8H,5H2,1-2H3/q+1. The van der Waals surface area contributed by atoms with Gasteiger partial charge in [-0.25, -0.2) is 0 Å². The summed E-state index contributed by atoms with van der Waals surface area (Å²) in [4.78, 5) is 15.1. The largest absolute Gasteiger partial charge is 0.329 e. The van der Waals surface area contributed by atoms with Crippen molar-refractivity contribution in [1.29, 1.82) is 0 Å². The molecule has 0 aromatic carbocycles. The van der Waals surface area contributed by atoms with Crippen LogP contribution >= 0.6 is 0 Å². The van der Waals surface area contributed by atoms with Crippen molar-refractivity contribution >= 4 is 6.08 Å². The molecule has 0 saturated heterocycles. The molecule has 1 aromatic rings. The Morgan fingerprint density at radius 3 is 3.07 bits per heavy atom. The number of hydrogen-bond acceptors (Lipinski definition) is 2. The summed E-state index contributed by atoms with van der Waals surface area (Å²) in [7, 11) is 0. The molecular weight excluding hydrogens is 176 g/mol. The average molecular weight is 189 g/mol. The first kappa shape index (κ1) is 9.06. The van der Waals surface area contributed by atoms with Gasteiger partial charge in [-0.2, -0.15) is 0 Å². The van der Waals surface area contributed by atoms with Crippen molar-refractivity contribution in [3.05, 3.63) is 40.8 Å². The molecule has 0 atom stereocenters. The summed E-state index contributed by atoms with van der Waals surface area (Å²) in [5, 5.41) is 0. The minimum atomic E-state index is 0.163. The molecule has 1 aliphatic rings. The topological polar surface area (TPSA) is 35.9 Å². The number of aromatic nitrogens is 2. The average Bonchev–Trinajstić information content (AvgIpc) is 2.24. The van der Waals surface area contributed by atoms with E-state index in [1.54, 1.807) is 12.4 Å². The predicted molar refractivity (Wildman–Crippen MR) is 54.1 cm³/mol.